The Balaban J connectivity index is 2.64. The van der Waals surface area contributed by atoms with E-state index in [1.54, 1.807) is 0 Å². The monoisotopic (exact) mass is 229 g/mol. The molecule has 0 unspecified atom stereocenters. The molecule has 0 amide bonds. The van der Waals surface area contributed by atoms with Crippen LogP contribution in [0.1, 0.15) is 22.4 Å². The Morgan fingerprint density at radius 3 is 2.29 bits per heavy atom. The van der Waals surface area contributed by atoms with E-state index < -0.39 is 0 Å². The van der Waals surface area contributed by atoms with E-state index in [0.717, 1.165) is 17.1 Å². The average Bonchev–Trinajstić information content (AvgIpc) is 2.64. The molecule has 17 heavy (non-hydrogen) atoms. The summed E-state index contributed by atoms with van der Waals surface area (Å²) in [5.74, 6) is 0. The molecule has 0 aliphatic carbocycles. The van der Waals surface area contributed by atoms with Crippen molar-refractivity contribution in [3.63, 3.8) is 0 Å². The van der Waals surface area contributed by atoms with Crippen molar-refractivity contribution in [2.75, 3.05) is 12.4 Å². The zero-order valence-corrected chi connectivity index (χ0v) is 11.1. The number of nitrogens with one attached hydrogen (secondary N) is 2. The topological polar surface area (TPSA) is 40.7 Å². The van der Waals surface area contributed by atoms with Crippen LogP contribution in [0.4, 0.5) is 5.69 Å². The van der Waals surface area contributed by atoms with E-state index in [2.05, 4.69) is 48.4 Å². The van der Waals surface area contributed by atoms with Crippen molar-refractivity contribution in [3.05, 3.63) is 34.5 Å². The van der Waals surface area contributed by atoms with Crippen LogP contribution in [0.15, 0.2) is 12.1 Å². The number of aromatic amines is 1. The lowest BCUT2D eigenvalue weighted by molar-refractivity contribution is 1.05. The summed E-state index contributed by atoms with van der Waals surface area (Å²) < 4.78 is 0. The number of benzene rings is 1. The van der Waals surface area contributed by atoms with E-state index in [4.69, 9.17) is 0 Å². The highest BCUT2D eigenvalue weighted by Crippen LogP contribution is 2.31. The van der Waals surface area contributed by atoms with Gasteiger partial charge in [-0.25, -0.2) is 0 Å². The van der Waals surface area contributed by atoms with Gasteiger partial charge in [-0.15, -0.1) is 0 Å². The third-order valence-corrected chi connectivity index (χ3v) is 3.29. The summed E-state index contributed by atoms with van der Waals surface area (Å²) in [6, 6.07) is 4.43. The Morgan fingerprint density at radius 1 is 1.00 bits per heavy atom. The molecular formula is C14H19N3. The van der Waals surface area contributed by atoms with Crippen LogP contribution < -0.4 is 5.32 Å². The number of anilines is 1. The first-order chi connectivity index (χ1) is 8.04. The van der Waals surface area contributed by atoms with Gasteiger partial charge in [-0.1, -0.05) is 6.07 Å². The molecule has 0 spiro atoms. The molecule has 0 atom stereocenters. The average molecular weight is 229 g/mol. The second kappa shape index (κ2) is 4.24. The molecule has 0 radical (unpaired) electrons. The molecule has 3 heteroatoms. The van der Waals surface area contributed by atoms with Crippen molar-refractivity contribution in [3.8, 4) is 11.3 Å². The maximum atomic E-state index is 4.40. The second-order valence-electron chi connectivity index (χ2n) is 4.57. The van der Waals surface area contributed by atoms with Crippen LogP contribution in [0.5, 0.6) is 0 Å². The highest BCUT2D eigenvalue weighted by Gasteiger charge is 2.13. The molecule has 2 aromatic rings. The molecular weight excluding hydrogens is 210 g/mol. The van der Waals surface area contributed by atoms with Gasteiger partial charge in [0.05, 0.1) is 11.4 Å². The minimum Gasteiger partial charge on any atom is -0.385 e. The van der Waals surface area contributed by atoms with Gasteiger partial charge in [0, 0.05) is 12.6 Å². The number of hydrogen-bond acceptors (Lipinski definition) is 2. The SMILES string of the molecule is CNc1c(-c2cc(C)c(C)cc2C)n[nH]c1C. The molecule has 1 aromatic heterocycles. The first kappa shape index (κ1) is 11.7. The second-order valence-corrected chi connectivity index (χ2v) is 4.57. The molecule has 0 aliphatic heterocycles. The molecule has 0 saturated carbocycles. The maximum Gasteiger partial charge on any atom is 0.116 e. The van der Waals surface area contributed by atoms with E-state index in [-0.39, 0.29) is 0 Å². The smallest absolute Gasteiger partial charge is 0.116 e. The summed E-state index contributed by atoms with van der Waals surface area (Å²) in [5.41, 5.74) is 8.23. The number of aryl methyl sites for hydroxylation is 4. The first-order valence-corrected chi connectivity index (χ1v) is 5.85. The Hall–Kier alpha value is -1.77. The standard InChI is InChI=1S/C14H19N3/c1-8-6-10(3)12(7-9(8)2)14-13(15-5)11(4)16-17-14/h6-7,15H,1-5H3,(H,16,17). The van der Waals surface area contributed by atoms with E-state index in [9.17, 15) is 0 Å². The predicted octanol–water partition coefficient (Wildman–Crippen LogP) is 3.35. The largest absolute Gasteiger partial charge is 0.385 e. The van der Waals surface area contributed by atoms with Gasteiger partial charge in [0.1, 0.15) is 5.69 Å². The van der Waals surface area contributed by atoms with E-state index >= 15 is 0 Å². The van der Waals surface area contributed by atoms with Crippen molar-refractivity contribution in [1.29, 1.82) is 0 Å². The number of rotatable bonds is 2. The Kier molecular flexibility index (Phi) is 2.92. The van der Waals surface area contributed by atoms with Crippen LogP contribution in [0, 0.1) is 27.7 Å². The van der Waals surface area contributed by atoms with Crippen LogP contribution in [-0.2, 0) is 0 Å². The van der Waals surface area contributed by atoms with Crippen molar-refractivity contribution in [1.82, 2.24) is 10.2 Å². The summed E-state index contributed by atoms with van der Waals surface area (Å²) in [4.78, 5) is 0. The fourth-order valence-electron chi connectivity index (χ4n) is 2.15. The summed E-state index contributed by atoms with van der Waals surface area (Å²) in [7, 11) is 1.93. The van der Waals surface area contributed by atoms with Gasteiger partial charge < -0.3 is 5.32 Å². The van der Waals surface area contributed by atoms with Crippen molar-refractivity contribution < 1.29 is 0 Å². The molecule has 2 N–H and O–H groups in total. The Labute approximate surface area is 102 Å². The third kappa shape index (κ3) is 1.93. The molecule has 3 nitrogen and oxygen atoms in total. The van der Waals surface area contributed by atoms with Crippen LogP contribution in [0.25, 0.3) is 11.3 Å². The minimum atomic E-state index is 1.01. The van der Waals surface area contributed by atoms with Gasteiger partial charge in [0.25, 0.3) is 0 Å². The molecule has 90 valence electrons. The van der Waals surface area contributed by atoms with Crippen LogP contribution in [0.2, 0.25) is 0 Å². The number of H-pyrrole nitrogens is 1. The molecule has 0 fully saturated rings. The lowest BCUT2D eigenvalue weighted by Crippen LogP contribution is -1.94. The van der Waals surface area contributed by atoms with Gasteiger partial charge in [0.15, 0.2) is 0 Å². The highest BCUT2D eigenvalue weighted by atomic mass is 15.1. The number of aromatic nitrogens is 2. The quantitative estimate of drug-likeness (QED) is 0.829. The number of hydrogen-bond donors (Lipinski definition) is 2. The Bertz CT molecular complexity index is 553. The lowest BCUT2D eigenvalue weighted by Gasteiger charge is -2.09. The normalized spacial score (nSPS) is 10.6. The van der Waals surface area contributed by atoms with Crippen LogP contribution in [0.3, 0.4) is 0 Å². The molecule has 1 aromatic carbocycles. The number of nitrogens with zero attached hydrogens (tertiary/aromatic N) is 1. The van der Waals surface area contributed by atoms with E-state index in [0.29, 0.717) is 0 Å². The highest BCUT2D eigenvalue weighted by molar-refractivity contribution is 5.78. The molecule has 0 saturated heterocycles. The third-order valence-electron chi connectivity index (χ3n) is 3.29. The fourth-order valence-corrected chi connectivity index (χ4v) is 2.15. The van der Waals surface area contributed by atoms with Crippen LogP contribution in [-0.4, -0.2) is 17.2 Å². The Morgan fingerprint density at radius 2 is 1.65 bits per heavy atom. The fraction of sp³-hybridized carbons (Fsp3) is 0.357. The zero-order chi connectivity index (χ0) is 12.6. The van der Waals surface area contributed by atoms with Gasteiger partial charge in [0.2, 0.25) is 0 Å². The van der Waals surface area contributed by atoms with Gasteiger partial charge >= 0.3 is 0 Å². The summed E-state index contributed by atoms with van der Waals surface area (Å²) in [5, 5.41) is 10.6. The summed E-state index contributed by atoms with van der Waals surface area (Å²) >= 11 is 0. The van der Waals surface area contributed by atoms with E-state index in [1.165, 1.54) is 22.3 Å². The minimum absolute atomic E-state index is 1.01. The van der Waals surface area contributed by atoms with Gasteiger partial charge in [-0.3, -0.25) is 5.10 Å². The van der Waals surface area contributed by atoms with Crippen molar-refractivity contribution in [2.45, 2.75) is 27.7 Å². The summed E-state index contributed by atoms with van der Waals surface area (Å²) in [6.07, 6.45) is 0. The first-order valence-electron chi connectivity index (χ1n) is 5.85. The van der Waals surface area contributed by atoms with Gasteiger partial charge in [-0.05, 0) is 50.5 Å². The van der Waals surface area contributed by atoms with E-state index in [1.807, 2.05) is 14.0 Å². The lowest BCUT2D eigenvalue weighted by atomic mass is 9.98. The molecule has 0 aliphatic rings. The predicted molar refractivity (Wildman–Crippen MR) is 72.5 cm³/mol. The van der Waals surface area contributed by atoms with Crippen molar-refractivity contribution >= 4 is 5.69 Å². The van der Waals surface area contributed by atoms with Crippen molar-refractivity contribution in [2.24, 2.45) is 0 Å². The van der Waals surface area contributed by atoms with Gasteiger partial charge in [-0.2, -0.15) is 5.10 Å². The molecule has 2 rings (SSSR count). The summed E-state index contributed by atoms with van der Waals surface area (Å²) in [6.45, 7) is 8.43. The maximum absolute atomic E-state index is 4.40. The van der Waals surface area contributed by atoms with Crippen LogP contribution >= 0.6 is 0 Å². The molecule has 0 bridgehead atoms. The zero-order valence-electron chi connectivity index (χ0n) is 11.1. The molecule has 1 heterocycles.